The smallest absolute Gasteiger partial charge is 0.407 e. The van der Waals surface area contributed by atoms with E-state index >= 15 is 0 Å². The zero-order valence-electron chi connectivity index (χ0n) is 14.1. The second kappa shape index (κ2) is 6.77. The molecule has 0 aliphatic heterocycles. The van der Waals surface area contributed by atoms with Crippen molar-refractivity contribution >= 4 is 23.1 Å². The van der Waals surface area contributed by atoms with E-state index in [-0.39, 0.29) is 0 Å². The number of amides is 1. The molecule has 2 rings (SSSR count). The fraction of sp³-hybridized carbons (Fsp3) is 0.389. The molecule has 23 heavy (non-hydrogen) atoms. The van der Waals surface area contributed by atoms with Crippen molar-refractivity contribution in [2.24, 2.45) is 0 Å². The van der Waals surface area contributed by atoms with Crippen molar-refractivity contribution in [3.8, 4) is 5.75 Å². The molecule has 0 bridgehead atoms. The van der Waals surface area contributed by atoms with Crippen LogP contribution in [0.1, 0.15) is 32.1 Å². The van der Waals surface area contributed by atoms with E-state index in [4.69, 9.17) is 13.9 Å². The van der Waals surface area contributed by atoms with Gasteiger partial charge < -0.3 is 19.2 Å². The number of benzene rings is 1. The fourth-order valence-electron chi connectivity index (χ4n) is 2.30. The maximum atomic E-state index is 11.7. The predicted molar refractivity (Wildman–Crippen MR) is 90.8 cm³/mol. The number of hydrogen-bond donors (Lipinski definition) is 1. The zero-order valence-corrected chi connectivity index (χ0v) is 14.1. The third-order valence-electron chi connectivity index (χ3n) is 3.26. The molecule has 0 spiro atoms. The van der Waals surface area contributed by atoms with Gasteiger partial charge in [-0.3, -0.25) is 0 Å². The average Bonchev–Trinajstić information content (AvgIpc) is 2.82. The SMILES string of the molecule is C=Cc1oc2cc(OC)ccc2c1CCNC(=O)OC(C)(C)C. The Hall–Kier alpha value is -2.43. The maximum absolute atomic E-state index is 11.7. The lowest BCUT2D eigenvalue weighted by molar-refractivity contribution is 0.0528. The van der Waals surface area contributed by atoms with Gasteiger partial charge >= 0.3 is 6.09 Å². The van der Waals surface area contributed by atoms with Crippen molar-refractivity contribution < 1.29 is 18.7 Å². The first-order valence-corrected chi connectivity index (χ1v) is 7.53. The molecule has 5 nitrogen and oxygen atoms in total. The normalized spacial score (nSPS) is 11.3. The number of rotatable bonds is 5. The van der Waals surface area contributed by atoms with Crippen LogP contribution in [-0.4, -0.2) is 25.3 Å². The molecule has 124 valence electrons. The number of furan rings is 1. The standard InChI is InChI=1S/C18H23NO4/c1-6-15-14(9-10-19-17(20)23-18(2,3)4)13-8-7-12(21-5)11-16(13)22-15/h6-8,11H,1,9-10H2,2-5H3,(H,19,20). The van der Waals surface area contributed by atoms with E-state index in [9.17, 15) is 4.79 Å². The minimum atomic E-state index is -0.505. The number of carbonyl (C=O) groups excluding carboxylic acids is 1. The van der Waals surface area contributed by atoms with Crippen LogP contribution in [0.4, 0.5) is 4.79 Å². The van der Waals surface area contributed by atoms with Gasteiger partial charge in [-0.05, 0) is 45.4 Å². The van der Waals surface area contributed by atoms with Crippen LogP contribution in [0.3, 0.4) is 0 Å². The van der Waals surface area contributed by atoms with Gasteiger partial charge in [-0.2, -0.15) is 0 Å². The number of fused-ring (bicyclic) bond motifs is 1. The van der Waals surface area contributed by atoms with Gasteiger partial charge in [0.2, 0.25) is 0 Å². The first-order valence-electron chi connectivity index (χ1n) is 7.53. The molecule has 2 aromatic rings. The van der Waals surface area contributed by atoms with E-state index < -0.39 is 11.7 Å². The fourth-order valence-corrected chi connectivity index (χ4v) is 2.30. The molecule has 0 radical (unpaired) electrons. The van der Waals surface area contributed by atoms with Gasteiger partial charge in [0.25, 0.3) is 0 Å². The van der Waals surface area contributed by atoms with Crippen LogP contribution in [-0.2, 0) is 11.2 Å². The van der Waals surface area contributed by atoms with Gasteiger partial charge in [0, 0.05) is 23.6 Å². The van der Waals surface area contributed by atoms with Crippen LogP contribution in [0.25, 0.3) is 17.0 Å². The quantitative estimate of drug-likeness (QED) is 0.900. The molecule has 0 aliphatic rings. The van der Waals surface area contributed by atoms with Gasteiger partial charge in [0.05, 0.1) is 7.11 Å². The molecule has 5 heteroatoms. The Morgan fingerprint density at radius 2 is 2.13 bits per heavy atom. The summed E-state index contributed by atoms with van der Waals surface area (Å²) >= 11 is 0. The van der Waals surface area contributed by atoms with Crippen molar-refractivity contribution in [2.75, 3.05) is 13.7 Å². The number of methoxy groups -OCH3 is 1. The Kier molecular flexibility index (Phi) is 4.98. The van der Waals surface area contributed by atoms with Crippen molar-refractivity contribution in [1.82, 2.24) is 5.32 Å². The number of nitrogens with one attached hydrogen (secondary N) is 1. The lowest BCUT2D eigenvalue weighted by Gasteiger charge is -2.19. The highest BCUT2D eigenvalue weighted by molar-refractivity contribution is 5.85. The molecule has 0 atom stereocenters. The Morgan fingerprint density at radius 1 is 1.39 bits per heavy atom. The highest BCUT2D eigenvalue weighted by Gasteiger charge is 2.17. The Morgan fingerprint density at radius 3 is 2.74 bits per heavy atom. The highest BCUT2D eigenvalue weighted by atomic mass is 16.6. The van der Waals surface area contributed by atoms with E-state index in [1.54, 1.807) is 13.2 Å². The third-order valence-corrected chi connectivity index (χ3v) is 3.26. The van der Waals surface area contributed by atoms with Crippen LogP contribution in [0.2, 0.25) is 0 Å². The number of alkyl carbamates (subject to hydrolysis) is 1. The summed E-state index contributed by atoms with van der Waals surface area (Å²) in [6.45, 7) is 9.74. The van der Waals surface area contributed by atoms with Gasteiger partial charge in [-0.25, -0.2) is 4.79 Å². The summed E-state index contributed by atoms with van der Waals surface area (Å²) in [4.78, 5) is 11.7. The second-order valence-electron chi connectivity index (χ2n) is 6.19. The van der Waals surface area contributed by atoms with E-state index in [0.29, 0.717) is 18.7 Å². The van der Waals surface area contributed by atoms with Gasteiger partial charge in [0.1, 0.15) is 22.7 Å². The van der Waals surface area contributed by atoms with Crippen LogP contribution in [0.5, 0.6) is 5.75 Å². The molecule has 1 aromatic carbocycles. The highest BCUT2D eigenvalue weighted by Crippen LogP contribution is 2.30. The van der Waals surface area contributed by atoms with Gasteiger partial charge in [0.15, 0.2) is 0 Å². The summed E-state index contributed by atoms with van der Waals surface area (Å²) in [5.74, 6) is 1.44. The van der Waals surface area contributed by atoms with Gasteiger partial charge in [-0.15, -0.1) is 0 Å². The summed E-state index contributed by atoms with van der Waals surface area (Å²) in [5, 5.41) is 3.75. The van der Waals surface area contributed by atoms with Crippen LogP contribution in [0, 0.1) is 0 Å². The minimum Gasteiger partial charge on any atom is -0.497 e. The Balaban J connectivity index is 2.10. The monoisotopic (exact) mass is 317 g/mol. The van der Waals surface area contributed by atoms with Crippen LogP contribution >= 0.6 is 0 Å². The zero-order chi connectivity index (χ0) is 17.0. The first-order chi connectivity index (χ1) is 10.8. The lowest BCUT2D eigenvalue weighted by atomic mass is 10.1. The predicted octanol–water partition coefficient (Wildman–Crippen LogP) is 4.15. The maximum Gasteiger partial charge on any atom is 0.407 e. The molecule has 0 fully saturated rings. The van der Waals surface area contributed by atoms with Crippen molar-refractivity contribution in [2.45, 2.75) is 32.8 Å². The first kappa shape index (κ1) is 16.9. The largest absolute Gasteiger partial charge is 0.497 e. The molecular formula is C18H23NO4. The van der Waals surface area contributed by atoms with Crippen molar-refractivity contribution in [1.29, 1.82) is 0 Å². The topological polar surface area (TPSA) is 60.7 Å². The van der Waals surface area contributed by atoms with Crippen LogP contribution < -0.4 is 10.1 Å². The molecule has 1 heterocycles. The second-order valence-corrected chi connectivity index (χ2v) is 6.19. The molecule has 0 saturated carbocycles. The van der Waals surface area contributed by atoms with E-state index in [2.05, 4.69) is 11.9 Å². The minimum absolute atomic E-state index is 0.424. The summed E-state index contributed by atoms with van der Waals surface area (Å²) in [7, 11) is 1.62. The lowest BCUT2D eigenvalue weighted by Crippen LogP contribution is -2.33. The molecule has 0 unspecified atom stereocenters. The summed E-state index contributed by atoms with van der Waals surface area (Å²) in [6.07, 6.45) is 1.88. The van der Waals surface area contributed by atoms with Gasteiger partial charge in [-0.1, -0.05) is 6.58 Å². The molecule has 1 N–H and O–H groups in total. The van der Waals surface area contributed by atoms with Crippen molar-refractivity contribution in [3.05, 3.63) is 36.1 Å². The van der Waals surface area contributed by atoms with E-state index in [1.165, 1.54) is 0 Å². The summed E-state index contributed by atoms with van der Waals surface area (Å²) < 4.78 is 16.2. The number of carbonyl (C=O) groups is 1. The van der Waals surface area contributed by atoms with E-state index in [0.717, 1.165) is 22.3 Å². The number of hydrogen-bond acceptors (Lipinski definition) is 4. The van der Waals surface area contributed by atoms with Crippen LogP contribution in [0.15, 0.2) is 29.2 Å². The third kappa shape index (κ3) is 4.28. The van der Waals surface area contributed by atoms with E-state index in [1.807, 2.05) is 39.0 Å². The Bertz CT molecular complexity index is 710. The Labute approximate surface area is 136 Å². The average molecular weight is 317 g/mol. The number of ether oxygens (including phenoxy) is 2. The molecule has 0 saturated heterocycles. The summed E-state index contributed by atoms with van der Waals surface area (Å²) in [5.41, 5.74) is 1.25. The molecule has 0 aliphatic carbocycles. The van der Waals surface area contributed by atoms with Crippen molar-refractivity contribution in [3.63, 3.8) is 0 Å². The molecular weight excluding hydrogens is 294 g/mol. The summed E-state index contributed by atoms with van der Waals surface area (Å²) in [6, 6.07) is 5.68. The molecule has 1 aromatic heterocycles. The molecule has 1 amide bonds.